The maximum atomic E-state index is 14.5. The summed E-state index contributed by atoms with van der Waals surface area (Å²) in [5.74, 6) is -1.96. The number of hydrogen-bond acceptors (Lipinski definition) is 6. The predicted octanol–water partition coefficient (Wildman–Crippen LogP) is 3.68. The average Bonchev–Trinajstić information content (AvgIpc) is 3.40. The molecule has 0 radical (unpaired) electrons. The molecule has 1 atom stereocenters. The summed E-state index contributed by atoms with van der Waals surface area (Å²) in [7, 11) is 1.66. The Bertz CT molecular complexity index is 1140. The Balaban J connectivity index is 1.65. The van der Waals surface area contributed by atoms with Gasteiger partial charge >= 0.3 is 0 Å². The van der Waals surface area contributed by atoms with Crippen molar-refractivity contribution in [3.63, 3.8) is 0 Å². The number of amidine groups is 1. The lowest BCUT2D eigenvalue weighted by atomic mass is 10.1. The quantitative estimate of drug-likeness (QED) is 0.242. The zero-order valence-electron chi connectivity index (χ0n) is 17.3. The van der Waals surface area contributed by atoms with E-state index >= 15 is 0 Å². The van der Waals surface area contributed by atoms with Crippen LogP contribution in [0.3, 0.4) is 0 Å². The molecule has 4 N–H and O–H groups in total. The molecule has 1 aliphatic rings. The Labute approximate surface area is 188 Å². The van der Waals surface area contributed by atoms with Crippen LogP contribution in [-0.4, -0.2) is 65.3 Å². The largest absolute Gasteiger partial charge is 0.383 e. The fourth-order valence-corrected chi connectivity index (χ4v) is 3.93. The smallest absolute Gasteiger partial charge is 0.201 e. The number of ether oxygens (including phenoxy) is 1. The maximum absolute atomic E-state index is 14.5. The van der Waals surface area contributed by atoms with E-state index in [1.165, 1.54) is 0 Å². The van der Waals surface area contributed by atoms with Crippen LogP contribution < -0.4 is 10.8 Å². The highest BCUT2D eigenvalue weighted by atomic mass is 35.5. The number of rotatable bonds is 7. The number of anilines is 1. The van der Waals surface area contributed by atoms with Crippen molar-refractivity contribution in [1.29, 1.82) is 0 Å². The van der Waals surface area contributed by atoms with E-state index < -0.39 is 11.6 Å². The number of likely N-dealkylation sites (tertiary alicyclic amines) is 1. The minimum Gasteiger partial charge on any atom is -0.383 e. The number of aromatic amines is 1. The molecule has 8 nitrogen and oxygen atoms in total. The van der Waals surface area contributed by atoms with Gasteiger partial charge in [0, 0.05) is 43.4 Å². The lowest BCUT2D eigenvalue weighted by molar-refractivity contribution is 0.160. The van der Waals surface area contributed by atoms with Crippen molar-refractivity contribution < 1.29 is 18.7 Å². The van der Waals surface area contributed by atoms with Crippen LogP contribution in [0.25, 0.3) is 11.0 Å². The molecule has 0 aliphatic carbocycles. The van der Waals surface area contributed by atoms with E-state index in [2.05, 4.69) is 25.2 Å². The van der Waals surface area contributed by atoms with Crippen molar-refractivity contribution in [3.8, 4) is 0 Å². The Hall–Kier alpha value is -2.79. The first-order valence-corrected chi connectivity index (χ1v) is 10.5. The van der Waals surface area contributed by atoms with Gasteiger partial charge in [0.25, 0.3) is 0 Å². The van der Waals surface area contributed by atoms with Gasteiger partial charge in [0.15, 0.2) is 17.5 Å². The van der Waals surface area contributed by atoms with Crippen LogP contribution in [0.4, 0.5) is 20.4 Å². The lowest BCUT2D eigenvalue weighted by Crippen LogP contribution is -2.29. The topological polar surface area (TPSA) is 97.8 Å². The van der Waals surface area contributed by atoms with Crippen LogP contribution >= 0.6 is 11.6 Å². The zero-order valence-corrected chi connectivity index (χ0v) is 18.1. The number of hydroxylamine groups is 1. The minimum atomic E-state index is -1.11. The number of benzene rings is 2. The fraction of sp³-hybridized carbons (Fsp3) is 0.333. The number of nitrogens with one attached hydrogen (secondary N) is 3. The Morgan fingerprint density at radius 3 is 3.00 bits per heavy atom. The van der Waals surface area contributed by atoms with Gasteiger partial charge in [-0.3, -0.25) is 15.6 Å². The number of halogens is 3. The lowest BCUT2D eigenvalue weighted by Gasteiger charge is -2.15. The Morgan fingerprint density at radius 2 is 2.25 bits per heavy atom. The Kier molecular flexibility index (Phi) is 6.85. The van der Waals surface area contributed by atoms with E-state index in [1.54, 1.807) is 31.4 Å². The van der Waals surface area contributed by atoms with E-state index in [-0.39, 0.29) is 28.5 Å². The number of imidazole rings is 1. The number of fused-ring (bicyclic) bond motifs is 1. The molecule has 11 heteroatoms. The standard InChI is InChI=1S/C21H23ClF2N6O2/c1-32-8-7-30-6-5-14(11-30)26-21-27-18-15(10-16(23)17(24)19(18)28-21)20(29-31)25-13-4-2-3-12(22)9-13/h2-4,9-10,14,31H,5-8,11H2,1H3,(H,25,29)(H2,26,27,28)/t14-/m1/s1. The molecule has 32 heavy (non-hydrogen) atoms. The highest BCUT2D eigenvalue weighted by Crippen LogP contribution is 2.27. The second kappa shape index (κ2) is 9.78. The van der Waals surface area contributed by atoms with E-state index in [0.717, 1.165) is 32.1 Å². The number of nitrogens with zero attached hydrogens (tertiary/aromatic N) is 3. The molecule has 2 aromatic carbocycles. The van der Waals surface area contributed by atoms with Crippen molar-refractivity contribution in [1.82, 2.24) is 20.3 Å². The van der Waals surface area contributed by atoms with Crippen molar-refractivity contribution in [2.24, 2.45) is 4.99 Å². The molecule has 3 aromatic rings. The van der Waals surface area contributed by atoms with Gasteiger partial charge in [0.1, 0.15) is 5.52 Å². The molecule has 4 rings (SSSR count). The van der Waals surface area contributed by atoms with Gasteiger partial charge in [-0.05, 0) is 30.7 Å². The summed E-state index contributed by atoms with van der Waals surface area (Å²) in [5.41, 5.74) is 2.52. The first-order chi connectivity index (χ1) is 15.5. The molecule has 0 unspecified atom stereocenters. The molecular weight excluding hydrogens is 442 g/mol. The summed E-state index contributed by atoms with van der Waals surface area (Å²) in [5, 5.41) is 13.4. The summed E-state index contributed by atoms with van der Waals surface area (Å²) in [6.45, 7) is 3.16. The Morgan fingerprint density at radius 1 is 1.41 bits per heavy atom. The molecular formula is C21H23ClF2N6O2. The molecule has 0 spiro atoms. The highest BCUT2D eigenvalue weighted by molar-refractivity contribution is 6.30. The number of hydrogen-bond donors (Lipinski definition) is 4. The first kappa shape index (κ1) is 22.4. The van der Waals surface area contributed by atoms with E-state index in [1.807, 2.05) is 5.48 Å². The van der Waals surface area contributed by atoms with Crippen LogP contribution in [0.1, 0.15) is 12.0 Å². The summed E-state index contributed by atoms with van der Waals surface area (Å²) >= 11 is 5.98. The van der Waals surface area contributed by atoms with Crippen LogP contribution in [0.15, 0.2) is 35.3 Å². The third-order valence-electron chi connectivity index (χ3n) is 5.30. The van der Waals surface area contributed by atoms with Gasteiger partial charge in [-0.25, -0.2) is 18.8 Å². The number of methoxy groups -OCH3 is 1. The maximum Gasteiger partial charge on any atom is 0.201 e. The molecule has 1 saturated heterocycles. The molecule has 170 valence electrons. The third kappa shape index (κ3) is 4.83. The van der Waals surface area contributed by atoms with E-state index in [4.69, 9.17) is 16.3 Å². The molecule has 1 fully saturated rings. The van der Waals surface area contributed by atoms with E-state index in [0.29, 0.717) is 23.3 Å². The second-order valence-corrected chi connectivity index (χ2v) is 7.94. The molecule has 2 heterocycles. The molecule has 0 saturated carbocycles. The fourth-order valence-electron chi connectivity index (χ4n) is 3.74. The van der Waals surface area contributed by atoms with Crippen molar-refractivity contribution in [2.45, 2.75) is 12.5 Å². The average molecular weight is 465 g/mol. The molecule has 1 aromatic heterocycles. The summed E-state index contributed by atoms with van der Waals surface area (Å²) in [6.07, 6.45) is 0.879. The molecule has 0 amide bonds. The van der Waals surface area contributed by atoms with Gasteiger partial charge < -0.3 is 15.0 Å². The monoisotopic (exact) mass is 464 g/mol. The highest BCUT2D eigenvalue weighted by Gasteiger charge is 2.24. The van der Waals surface area contributed by atoms with Crippen molar-refractivity contribution in [3.05, 3.63) is 52.6 Å². The van der Waals surface area contributed by atoms with Crippen molar-refractivity contribution >= 4 is 40.1 Å². The van der Waals surface area contributed by atoms with Crippen LogP contribution in [-0.2, 0) is 4.74 Å². The van der Waals surface area contributed by atoms with E-state index in [9.17, 15) is 14.0 Å². The molecule has 1 aliphatic heterocycles. The first-order valence-electron chi connectivity index (χ1n) is 10.1. The van der Waals surface area contributed by atoms with Gasteiger partial charge in [-0.2, -0.15) is 0 Å². The van der Waals surface area contributed by atoms with Crippen LogP contribution in [0, 0.1) is 11.6 Å². The van der Waals surface area contributed by atoms with Gasteiger partial charge in [0.2, 0.25) is 5.95 Å². The van der Waals surface area contributed by atoms with Gasteiger partial charge in [-0.15, -0.1) is 0 Å². The van der Waals surface area contributed by atoms with Crippen molar-refractivity contribution in [2.75, 3.05) is 38.7 Å². The summed E-state index contributed by atoms with van der Waals surface area (Å²) in [4.78, 5) is 13.7. The van der Waals surface area contributed by atoms with Crippen LogP contribution in [0.2, 0.25) is 5.02 Å². The zero-order chi connectivity index (χ0) is 22.7. The number of aromatic nitrogens is 2. The summed E-state index contributed by atoms with van der Waals surface area (Å²) < 4.78 is 34.0. The number of H-pyrrole nitrogens is 1. The third-order valence-corrected chi connectivity index (χ3v) is 5.53. The van der Waals surface area contributed by atoms with Gasteiger partial charge in [-0.1, -0.05) is 17.7 Å². The minimum absolute atomic E-state index is 0.0852. The molecule has 0 bridgehead atoms. The normalized spacial score (nSPS) is 17.3. The predicted molar refractivity (Wildman–Crippen MR) is 119 cm³/mol. The second-order valence-electron chi connectivity index (χ2n) is 7.50. The van der Waals surface area contributed by atoms with Gasteiger partial charge in [0.05, 0.1) is 17.8 Å². The SMILES string of the molecule is COCCN1CC[C@@H](Nc2nc3c(F)c(F)cc(C(=Nc4cccc(Cl)c4)NO)c3[nH]2)C1. The summed E-state index contributed by atoms with van der Waals surface area (Å²) in [6, 6.07) is 7.65. The van der Waals surface area contributed by atoms with Crippen LogP contribution in [0.5, 0.6) is 0 Å². The number of aliphatic imine (C=N–C) groups is 1.